The Morgan fingerprint density at radius 1 is 1.29 bits per heavy atom. The van der Waals surface area contributed by atoms with Crippen LogP contribution in [-0.2, 0) is 14.8 Å². The third-order valence-corrected chi connectivity index (χ3v) is 6.49. The number of hydrogen-bond donors (Lipinski definition) is 2. The number of halogens is 1. The number of benzene rings is 1. The van der Waals surface area contributed by atoms with E-state index in [4.69, 9.17) is 0 Å². The van der Waals surface area contributed by atoms with Crippen LogP contribution in [0.25, 0.3) is 0 Å². The largest absolute Gasteiger partial charge is 0.354 e. The molecule has 0 aliphatic carbocycles. The summed E-state index contributed by atoms with van der Waals surface area (Å²) in [4.78, 5) is 12.7. The lowest BCUT2D eigenvalue weighted by atomic mass is 10.0. The van der Waals surface area contributed by atoms with E-state index in [1.54, 1.807) is 24.3 Å². The lowest BCUT2D eigenvalue weighted by Crippen LogP contribution is -2.51. The SMILES string of the molecule is Cc1ccc(S(=O)(=O)N2CCCC2C(=O)NCC2CNC2)cc1.Cl. The van der Waals surface area contributed by atoms with Gasteiger partial charge >= 0.3 is 0 Å². The summed E-state index contributed by atoms with van der Waals surface area (Å²) in [5.41, 5.74) is 1.01. The van der Waals surface area contributed by atoms with Gasteiger partial charge in [-0.25, -0.2) is 8.42 Å². The molecule has 24 heavy (non-hydrogen) atoms. The van der Waals surface area contributed by atoms with E-state index < -0.39 is 16.1 Å². The van der Waals surface area contributed by atoms with Gasteiger partial charge in [-0.1, -0.05) is 17.7 Å². The molecule has 0 saturated carbocycles. The number of hydrogen-bond acceptors (Lipinski definition) is 4. The van der Waals surface area contributed by atoms with Crippen LogP contribution >= 0.6 is 12.4 Å². The number of nitrogens with one attached hydrogen (secondary N) is 2. The van der Waals surface area contributed by atoms with Crippen molar-refractivity contribution in [2.75, 3.05) is 26.2 Å². The second-order valence-electron chi connectivity index (χ2n) is 6.36. The molecule has 2 aliphatic rings. The minimum atomic E-state index is -3.62. The van der Waals surface area contributed by atoms with E-state index in [9.17, 15) is 13.2 Å². The van der Waals surface area contributed by atoms with Crippen LogP contribution in [0.15, 0.2) is 29.2 Å². The summed E-state index contributed by atoms with van der Waals surface area (Å²) < 4.78 is 27.0. The molecular weight excluding hydrogens is 350 g/mol. The Balaban J connectivity index is 0.00000208. The highest BCUT2D eigenvalue weighted by molar-refractivity contribution is 7.89. The Morgan fingerprint density at radius 2 is 1.96 bits per heavy atom. The molecule has 0 aromatic heterocycles. The number of aryl methyl sites for hydroxylation is 1. The Hall–Kier alpha value is -1.15. The minimum Gasteiger partial charge on any atom is -0.354 e. The maximum atomic E-state index is 12.8. The van der Waals surface area contributed by atoms with E-state index in [-0.39, 0.29) is 23.2 Å². The average Bonchev–Trinajstić information content (AvgIpc) is 2.96. The van der Waals surface area contributed by atoms with Crippen molar-refractivity contribution in [1.82, 2.24) is 14.9 Å². The predicted molar refractivity (Wildman–Crippen MR) is 94.7 cm³/mol. The maximum Gasteiger partial charge on any atom is 0.243 e. The molecule has 8 heteroatoms. The first-order chi connectivity index (χ1) is 11.0. The minimum absolute atomic E-state index is 0. The van der Waals surface area contributed by atoms with Gasteiger partial charge in [-0.05, 0) is 31.9 Å². The van der Waals surface area contributed by atoms with Crippen LogP contribution in [0.4, 0.5) is 0 Å². The second kappa shape index (κ2) is 7.82. The zero-order valence-corrected chi connectivity index (χ0v) is 15.3. The normalized spacial score (nSPS) is 21.8. The second-order valence-corrected chi connectivity index (χ2v) is 8.25. The van der Waals surface area contributed by atoms with E-state index >= 15 is 0 Å². The van der Waals surface area contributed by atoms with Crippen molar-refractivity contribution in [3.8, 4) is 0 Å². The van der Waals surface area contributed by atoms with Gasteiger partial charge < -0.3 is 10.6 Å². The topological polar surface area (TPSA) is 78.5 Å². The predicted octanol–water partition coefficient (Wildman–Crippen LogP) is 0.906. The zero-order valence-electron chi connectivity index (χ0n) is 13.7. The van der Waals surface area contributed by atoms with Gasteiger partial charge in [0.25, 0.3) is 0 Å². The summed E-state index contributed by atoms with van der Waals surface area (Å²) in [6, 6.07) is 6.19. The number of sulfonamides is 1. The summed E-state index contributed by atoms with van der Waals surface area (Å²) in [7, 11) is -3.62. The van der Waals surface area contributed by atoms with Crippen molar-refractivity contribution in [3.05, 3.63) is 29.8 Å². The van der Waals surface area contributed by atoms with Gasteiger partial charge in [0.05, 0.1) is 4.90 Å². The molecule has 2 heterocycles. The molecule has 2 fully saturated rings. The van der Waals surface area contributed by atoms with Crippen molar-refractivity contribution in [3.63, 3.8) is 0 Å². The quantitative estimate of drug-likeness (QED) is 0.804. The highest BCUT2D eigenvalue weighted by Crippen LogP contribution is 2.26. The number of carbonyl (C=O) groups is 1. The molecular formula is C16H24ClN3O3S. The highest BCUT2D eigenvalue weighted by atomic mass is 35.5. The van der Waals surface area contributed by atoms with Crippen molar-refractivity contribution in [2.45, 2.75) is 30.7 Å². The number of carbonyl (C=O) groups excluding carboxylic acids is 1. The van der Waals surface area contributed by atoms with Gasteiger partial charge in [-0.3, -0.25) is 4.79 Å². The van der Waals surface area contributed by atoms with Crippen molar-refractivity contribution in [1.29, 1.82) is 0 Å². The lowest BCUT2D eigenvalue weighted by Gasteiger charge is -2.29. The Kier molecular flexibility index (Phi) is 6.25. The highest BCUT2D eigenvalue weighted by Gasteiger charge is 2.39. The smallest absolute Gasteiger partial charge is 0.243 e. The first-order valence-corrected chi connectivity index (χ1v) is 9.49. The van der Waals surface area contributed by atoms with Crippen molar-refractivity contribution in [2.24, 2.45) is 5.92 Å². The van der Waals surface area contributed by atoms with Gasteiger partial charge in [-0.15, -0.1) is 12.4 Å². The van der Waals surface area contributed by atoms with Crippen LogP contribution in [0.3, 0.4) is 0 Å². The molecule has 2 N–H and O–H groups in total. The Labute approximate surface area is 149 Å². The molecule has 0 bridgehead atoms. The van der Waals surface area contributed by atoms with Crippen molar-refractivity contribution >= 4 is 28.3 Å². The van der Waals surface area contributed by atoms with Crippen LogP contribution in [-0.4, -0.2) is 50.9 Å². The maximum absolute atomic E-state index is 12.8. The van der Waals surface area contributed by atoms with Gasteiger partial charge in [0.1, 0.15) is 6.04 Å². The molecule has 1 unspecified atom stereocenters. The molecule has 1 amide bonds. The first-order valence-electron chi connectivity index (χ1n) is 8.05. The number of rotatable bonds is 5. The molecule has 0 spiro atoms. The van der Waals surface area contributed by atoms with Crippen LogP contribution in [0.2, 0.25) is 0 Å². The van der Waals surface area contributed by atoms with Crippen LogP contribution in [0.5, 0.6) is 0 Å². The fourth-order valence-electron chi connectivity index (χ4n) is 2.99. The number of nitrogens with zero attached hydrogens (tertiary/aromatic N) is 1. The molecule has 1 atom stereocenters. The summed E-state index contributed by atoms with van der Waals surface area (Å²) in [5.74, 6) is 0.285. The first kappa shape index (κ1) is 19.2. The van der Waals surface area contributed by atoms with Crippen LogP contribution < -0.4 is 10.6 Å². The molecule has 6 nitrogen and oxygen atoms in total. The fourth-order valence-corrected chi connectivity index (χ4v) is 4.65. The molecule has 1 aromatic rings. The Bertz CT molecular complexity index is 674. The third-order valence-electron chi connectivity index (χ3n) is 4.56. The molecule has 134 valence electrons. The molecule has 2 saturated heterocycles. The summed E-state index contributed by atoms with van der Waals surface area (Å²) in [6.45, 7) is 4.75. The van der Waals surface area contributed by atoms with E-state index in [0.29, 0.717) is 31.8 Å². The molecule has 3 rings (SSSR count). The van der Waals surface area contributed by atoms with E-state index in [0.717, 1.165) is 18.7 Å². The van der Waals surface area contributed by atoms with Gasteiger partial charge in [0, 0.05) is 32.1 Å². The average molecular weight is 374 g/mol. The summed E-state index contributed by atoms with van der Waals surface area (Å²) in [5, 5.41) is 6.06. The van der Waals surface area contributed by atoms with Crippen LogP contribution in [0, 0.1) is 12.8 Å². The third kappa shape index (κ3) is 3.91. The van der Waals surface area contributed by atoms with Gasteiger partial charge in [0.15, 0.2) is 0 Å². The molecule has 0 radical (unpaired) electrons. The van der Waals surface area contributed by atoms with E-state index in [2.05, 4.69) is 10.6 Å². The zero-order chi connectivity index (χ0) is 16.4. The van der Waals surface area contributed by atoms with E-state index in [1.807, 2.05) is 6.92 Å². The number of amides is 1. The lowest BCUT2D eigenvalue weighted by molar-refractivity contribution is -0.124. The molecule has 2 aliphatic heterocycles. The van der Waals surface area contributed by atoms with E-state index in [1.165, 1.54) is 4.31 Å². The summed E-state index contributed by atoms with van der Waals surface area (Å²) in [6.07, 6.45) is 1.30. The van der Waals surface area contributed by atoms with Gasteiger partial charge in [0.2, 0.25) is 15.9 Å². The fraction of sp³-hybridized carbons (Fsp3) is 0.562. The van der Waals surface area contributed by atoms with Crippen molar-refractivity contribution < 1.29 is 13.2 Å². The monoisotopic (exact) mass is 373 g/mol. The molecule has 1 aromatic carbocycles. The van der Waals surface area contributed by atoms with Crippen LogP contribution in [0.1, 0.15) is 18.4 Å². The standard InChI is InChI=1S/C16H23N3O3S.ClH/c1-12-4-6-14(7-5-12)23(21,22)19-8-2-3-15(19)16(20)18-11-13-9-17-10-13;/h4-7,13,15,17H,2-3,8-11H2,1H3,(H,18,20);1H. The Morgan fingerprint density at radius 3 is 2.54 bits per heavy atom. The summed E-state index contributed by atoms with van der Waals surface area (Å²) >= 11 is 0. The van der Waals surface area contributed by atoms with Gasteiger partial charge in [-0.2, -0.15) is 4.31 Å².